The zero-order valence-corrected chi connectivity index (χ0v) is 14.1. The maximum atomic E-state index is 5.53. The largest absolute Gasteiger partial charge is 0.463 e. The highest BCUT2D eigenvalue weighted by molar-refractivity contribution is 7.80. The Morgan fingerprint density at radius 3 is 2.12 bits per heavy atom. The SMILES string of the molecule is CNC(=S)Nc1ccc2nc(-c3ccco3)c(-c3ccco3)nc2c1. The van der Waals surface area contributed by atoms with E-state index in [2.05, 4.69) is 10.6 Å². The van der Waals surface area contributed by atoms with Crippen LogP contribution in [0.2, 0.25) is 0 Å². The van der Waals surface area contributed by atoms with Crippen molar-refractivity contribution in [1.29, 1.82) is 0 Å². The molecule has 0 radical (unpaired) electrons. The first-order valence-electron chi connectivity index (χ1n) is 7.63. The molecule has 0 spiro atoms. The normalized spacial score (nSPS) is 10.8. The standard InChI is InChI=1S/C18H14N4O2S/c1-19-18(25)20-11-6-7-12-13(10-11)22-17(15-5-3-9-24-15)16(21-12)14-4-2-8-23-14/h2-10H,1H3,(H2,19,20,25). The molecule has 4 rings (SSSR count). The summed E-state index contributed by atoms with van der Waals surface area (Å²) in [5.74, 6) is 1.27. The smallest absolute Gasteiger partial charge is 0.170 e. The van der Waals surface area contributed by atoms with Crippen LogP contribution in [-0.4, -0.2) is 22.1 Å². The summed E-state index contributed by atoms with van der Waals surface area (Å²) in [6.45, 7) is 0. The number of aromatic nitrogens is 2. The topological polar surface area (TPSA) is 76.1 Å². The van der Waals surface area contributed by atoms with Crippen LogP contribution in [0.5, 0.6) is 0 Å². The van der Waals surface area contributed by atoms with Gasteiger partial charge in [0.2, 0.25) is 0 Å². The summed E-state index contributed by atoms with van der Waals surface area (Å²) in [5, 5.41) is 6.50. The van der Waals surface area contributed by atoms with E-state index in [1.165, 1.54) is 0 Å². The van der Waals surface area contributed by atoms with Gasteiger partial charge in [0.15, 0.2) is 16.6 Å². The third-order valence-electron chi connectivity index (χ3n) is 3.66. The second-order valence-corrected chi connectivity index (χ2v) is 5.69. The number of benzene rings is 1. The van der Waals surface area contributed by atoms with Crippen molar-refractivity contribution in [1.82, 2.24) is 15.3 Å². The fourth-order valence-electron chi connectivity index (χ4n) is 2.50. The Balaban J connectivity index is 1.89. The lowest BCUT2D eigenvalue weighted by Gasteiger charge is -2.10. The summed E-state index contributed by atoms with van der Waals surface area (Å²) < 4.78 is 11.0. The Hall–Kier alpha value is -3.19. The predicted molar refractivity (Wildman–Crippen MR) is 100 cm³/mol. The van der Waals surface area contributed by atoms with Crippen molar-refractivity contribution in [3.63, 3.8) is 0 Å². The van der Waals surface area contributed by atoms with Crippen LogP contribution in [0.15, 0.2) is 63.8 Å². The maximum absolute atomic E-state index is 5.53. The Kier molecular flexibility index (Phi) is 3.91. The number of thiocarbonyl (C=S) groups is 1. The Bertz CT molecular complexity index is 1030. The first kappa shape index (κ1) is 15.3. The van der Waals surface area contributed by atoms with Crippen molar-refractivity contribution in [2.24, 2.45) is 0 Å². The molecule has 1 aromatic carbocycles. The van der Waals surface area contributed by atoms with E-state index in [4.69, 9.17) is 31.0 Å². The van der Waals surface area contributed by atoms with Gasteiger partial charge < -0.3 is 19.5 Å². The molecule has 2 N–H and O–H groups in total. The molecule has 0 fully saturated rings. The summed E-state index contributed by atoms with van der Waals surface area (Å²) in [5.41, 5.74) is 3.57. The van der Waals surface area contributed by atoms with Crippen LogP contribution in [0.4, 0.5) is 5.69 Å². The van der Waals surface area contributed by atoms with Gasteiger partial charge in [0.05, 0.1) is 23.6 Å². The van der Waals surface area contributed by atoms with E-state index in [9.17, 15) is 0 Å². The lowest BCUT2D eigenvalue weighted by atomic mass is 10.1. The molecule has 0 aliphatic carbocycles. The molecule has 7 heteroatoms. The second kappa shape index (κ2) is 6.37. The fourth-order valence-corrected chi connectivity index (χ4v) is 2.61. The first-order valence-corrected chi connectivity index (χ1v) is 8.04. The molecule has 0 saturated heterocycles. The lowest BCUT2D eigenvalue weighted by Crippen LogP contribution is -2.24. The number of furan rings is 2. The number of anilines is 1. The summed E-state index contributed by atoms with van der Waals surface area (Å²) in [4.78, 5) is 9.47. The average molecular weight is 350 g/mol. The van der Waals surface area contributed by atoms with Gasteiger partial charge in [-0.2, -0.15) is 0 Å². The van der Waals surface area contributed by atoms with Crippen molar-refractivity contribution in [2.45, 2.75) is 0 Å². The molecular formula is C18H14N4O2S. The van der Waals surface area contributed by atoms with Crippen molar-refractivity contribution >= 4 is 34.1 Å². The molecule has 0 unspecified atom stereocenters. The Labute approximate surface area is 148 Å². The molecule has 3 heterocycles. The van der Waals surface area contributed by atoms with E-state index in [1.54, 1.807) is 19.6 Å². The second-order valence-electron chi connectivity index (χ2n) is 5.28. The van der Waals surface area contributed by atoms with Gasteiger partial charge in [-0.3, -0.25) is 0 Å². The minimum absolute atomic E-state index is 0.533. The fraction of sp³-hybridized carbons (Fsp3) is 0.0556. The van der Waals surface area contributed by atoms with Crippen LogP contribution in [0.1, 0.15) is 0 Å². The van der Waals surface area contributed by atoms with E-state index in [1.807, 2.05) is 42.5 Å². The highest BCUT2D eigenvalue weighted by Gasteiger charge is 2.17. The summed E-state index contributed by atoms with van der Waals surface area (Å²) >= 11 is 5.14. The molecule has 4 aromatic rings. The summed E-state index contributed by atoms with van der Waals surface area (Å²) in [6, 6.07) is 13.0. The zero-order valence-electron chi connectivity index (χ0n) is 13.3. The van der Waals surface area contributed by atoms with Gasteiger partial charge >= 0.3 is 0 Å². The zero-order chi connectivity index (χ0) is 17.2. The van der Waals surface area contributed by atoms with Gasteiger partial charge in [-0.25, -0.2) is 9.97 Å². The number of hydrogen-bond donors (Lipinski definition) is 2. The molecule has 0 amide bonds. The predicted octanol–water partition coefficient (Wildman–Crippen LogP) is 4.07. The molecule has 3 aromatic heterocycles. The van der Waals surface area contributed by atoms with Gasteiger partial charge in [-0.05, 0) is 54.7 Å². The molecule has 6 nitrogen and oxygen atoms in total. The molecule has 0 aliphatic rings. The highest BCUT2D eigenvalue weighted by Crippen LogP contribution is 2.32. The number of nitrogens with one attached hydrogen (secondary N) is 2. The molecule has 25 heavy (non-hydrogen) atoms. The van der Waals surface area contributed by atoms with Crippen LogP contribution in [0.3, 0.4) is 0 Å². The third-order valence-corrected chi connectivity index (χ3v) is 3.96. The number of rotatable bonds is 3. The molecule has 124 valence electrons. The Morgan fingerprint density at radius 2 is 1.56 bits per heavy atom. The van der Waals surface area contributed by atoms with Crippen LogP contribution in [-0.2, 0) is 0 Å². The van der Waals surface area contributed by atoms with Gasteiger partial charge in [-0.1, -0.05) is 0 Å². The van der Waals surface area contributed by atoms with Crippen LogP contribution < -0.4 is 10.6 Å². The van der Waals surface area contributed by atoms with Crippen molar-refractivity contribution in [2.75, 3.05) is 12.4 Å². The van der Waals surface area contributed by atoms with Gasteiger partial charge in [0.25, 0.3) is 0 Å². The molecule has 0 aliphatic heterocycles. The maximum Gasteiger partial charge on any atom is 0.170 e. The van der Waals surface area contributed by atoms with Crippen molar-refractivity contribution in [3.8, 4) is 22.9 Å². The third kappa shape index (κ3) is 2.97. The van der Waals surface area contributed by atoms with Crippen molar-refractivity contribution in [3.05, 3.63) is 55.0 Å². The quantitative estimate of drug-likeness (QED) is 0.539. The first-order chi connectivity index (χ1) is 12.2. The number of fused-ring (bicyclic) bond motifs is 1. The van der Waals surface area contributed by atoms with Gasteiger partial charge in [0.1, 0.15) is 11.4 Å². The summed E-state index contributed by atoms with van der Waals surface area (Å²) in [6.07, 6.45) is 3.22. The molecular weight excluding hydrogens is 336 g/mol. The summed E-state index contributed by atoms with van der Waals surface area (Å²) in [7, 11) is 1.76. The van der Waals surface area contributed by atoms with Crippen LogP contribution in [0.25, 0.3) is 33.9 Å². The van der Waals surface area contributed by atoms with Gasteiger partial charge in [-0.15, -0.1) is 0 Å². The Morgan fingerprint density at radius 1 is 0.920 bits per heavy atom. The van der Waals surface area contributed by atoms with Crippen molar-refractivity contribution < 1.29 is 8.83 Å². The number of nitrogens with zero attached hydrogens (tertiary/aromatic N) is 2. The molecule has 0 saturated carbocycles. The number of hydrogen-bond acceptors (Lipinski definition) is 5. The highest BCUT2D eigenvalue weighted by atomic mass is 32.1. The average Bonchev–Trinajstić information content (AvgIpc) is 3.34. The minimum atomic E-state index is 0.533. The van der Waals surface area contributed by atoms with Crippen LogP contribution in [0, 0.1) is 0 Å². The van der Waals surface area contributed by atoms with Crippen LogP contribution >= 0.6 is 12.2 Å². The van der Waals surface area contributed by atoms with E-state index < -0.39 is 0 Å². The molecule has 0 atom stereocenters. The lowest BCUT2D eigenvalue weighted by molar-refractivity contribution is 0.572. The monoisotopic (exact) mass is 350 g/mol. The van der Waals surface area contributed by atoms with E-state index in [0.29, 0.717) is 28.0 Å². The van der Waals surface area contributed by atoms with Gasteiger partial charge in [0, 0.05) is 12.7 Å². The van der Waals surface area contributed by atoms with E-state index >= 15 is 0 Å². The minimum Gasteiger partial charge on any atom is -0.463 e. The van der Waals surface area contributed by atoms with E-state index in [0.717, 1.165) is 16.7 Å². The van der Waals surface area contributed by atoms with E-state index in [-0.39, 0.29) is 0 Å². The molecule has 0 bridgehead atoms.